The van der Waals surface area contributed by atoms with Crippen LogP contribution in [0.4, 0.5) is 4.79 Å². The van der Waals surface area contributed by atoms with Crippen molar-refractivity contribution in [1.82, 2.24) is 15.1 Å². The second kappa shape index (κ2) is 8.29. The first kappa shape index (κ1) is 16.2. The predicted molar refractivity (Wildman–Crippen MR) is 65.0 cm³/mol. The maximum absolute atomic E-state index is 11.9. The molecule has 0 aromatic rings. The van der Waals surface area contributed by atoms with Gasteiger partial charge in [0.1, 0.15) is 13.1 Å². The number of amides is 3. The van der Waals surface area contributed by atoms with Crippen molar-refractivity contribution in [3.63, 3.8) is 0 Å². The van der Waals surface area contributed by atoms with Crippen LogP contribution >= 0.6 is 0 Å². The lowest BCUT2D eigenvalue weighted by atomic mass is 10.4. The van der Waals surface area contributed by atoms with E-state index in [4.69, 9.17) is 10.8 Å². The first-order valence-electron chi connectivity index (χ1n) is 5.53. The maximum atomic E-state index is 11.9. The van der Waals surface area contributed by atoms with Crippen LogP contribution in [0.5, 0.6) is 0 Å². The molecule has 0 rings (SSSR count). The number of carboxylic acids is 1. The van der Waals surface area contributed by atoms with Crippen molar-refractivity contribution in [1.29, 1.82) is 0 Å². The van der Waals surface area contributed by atoms with Crippen molar-refractivity contribution in [3.8, 4) is 0 Å². The van der Waals surface area contributed by atoms with E-state index in [1.165, 1.54) is 4.90 Å². The van der Waals surface area contributed by atoms with Gasteiger partial charge in [-0.3, -0.25) is 9.59 Å². The molecule has 0 bridgehead atoms. The summed E-state index contributed by atoms with van der Waals surface area (Å²) in [5.41, 5.74) is 4.97. The average Bonchev–Trinajstić information content (AvgIpc) is 2.26. The molecule has 18 heavy (non-hydrogen) atoms. The van der Waals surface area contributed by atoms with E-state index >= 15 is 0 Å². The number of urea groups is 1. The topological polar surface area (TPSA) is 116 Å². The van der Waals surface area contributed by atoms with Crippen LogP contribution in [-0.4, -0.2) is 73.1 Å². The fraction of sp³-hybridized carbons (Fsp3) is 0.700. The molecule has 0 aromatic carbocycles. The van der Waals surface area contributed by atoms with Crippen LogP contribution in [0.2, 0.25) is 0 Å². The molecule has 4 N–H and O–H groups in total. The van der Waals surface area contributed by atoms with Crippen LogP contribution in [-0.2, 0) is 9.59 Å². The van der Waals surface area contributed by atoms with E-state index in [1.54, 1.807) is 14.1 Å². The lowest BCUT2D eigenvalue weighted by Gasteiger charge is -2.26. The molecule has 3 amide bonds. The highest BCUT2D eigenvalue weighted by molar-refractivity contribution is 5.85. The summed E-state index contributed by atoms with van der Waals surface area (Å²) in [5, 5.41) is 11.6. The van der Waals surface area contributed by atoms with Crippen molar-refractivity contribution in [2.45, 2.75) is 6.42 Å². The van der Waals surface area contributed by atoms with Gasteiger partial charge in [0.25, 0.3) is 0 Å². The van der Waals surface area contributed by atoms with E-state index in [9.17, 15) is 14.4 Å². The van der Waals surface area contributed by atoms with Crippen LogP contribution in [0.1, 0.15) is 6.42 Å². The minimum absolute atomic E-state index is 0.401. The summed E-state index contributed by atoms with van der Waals surface area (Å²) < 4.78 is 0. The molecule has 0 saturated heterocycles. The summed E-state index contributed by atoms with van der Waals surface area (Å²) in [6.07, 6.45) is 0.732. The number of carboxylic acid groups (broad SMARTS) is 1. The zero-order chi connectivity index (χ0) is 14.1. The Hall–Kier alpha value is -1.83. The predicted octanol–water partition coefficient (Wildman–Crippen LogP) is -1.48. The van der Waals surface area contributed by atoms with Crippen molar-refractivity contribution in [3.05, 3.63) is 0 Å². The molecule has 0 aliphatic carbocycles. The molecular formula is C10H20N4O4. The Bertz CT molecular complexity index is 292. The molecule has 0 heterocycles. The summed E-state index contributed by atoms with van der Waals surface area (Å²) in [4.78, 5) is 35.5. The van der Waals surface area contributed by atoms with Crippen LogP contribution in [0.15, 0.2) is 0 Å². The third-order valence-electron chi connectivity index (χ3n) is 2.19. The summed E-state index contributed by atoms with van der Waals surface area (Å²) in [6.45, 7) is 0.264. The van der Waals surface area contributed by atoms with Crippen molar-refractivity contribution >= 4 is 17.9 Å². The van der Waals surface area contributed by atoms with Gasteiger partial charge in [-0.1, -0.05) is 0 Å². The molecule has 0 fully saturated rings. The molecular weight excluding hydrogens is 240 g/mol. The number of carbonyl (C=O) groups excluding carboxylic acids is 2. The molecule has 0 aromatic heterocycles. The second-order valence-corrected chi connectivity index (χ2v) is 3.88. The molecule has 8 heteroatoms. The minimum Gasteiger partial charge on any atom is -0.480 e. The SMILES string of the molecule is CNCCCN(C)C(=O)N(CC(N)=O)CC(=O)O. The molecule has 0 unspecified atom stereocenters. The van der Waals surface area contributed by atoms with Gasteiger partial charge in [-0.2, -0.15) is 0 Å². The number of nitrogens with one attached hydrogen (secondary N) is 1. The molecule has 0 atom stereocenters. The third-order valence-corrected chi connectivity index (χ3v) is 2.19. The number of primary amides is 1. The normalized spacial score (nSPS) is 9.89. The molecule has 0 saturated carbocycles. The zero-order valence-electron chi connectivity index (χ0n) is 10.7. The molecule has 104 valence electrons. The van der Waals surface area contributed by atoms with Crippen LogP contribution in [0, 0.1) is 0 Å². The second-order valence-electron chi connectivity index (χ2n) is 3.88. The van der Waals surface area contributed by atoms with Gasteiger partial charge in [0.05, 0.1) is 0 Å². The van der Waals surface area contributed by atoms with Gasteiger partial charge in [0, 0.05) is 13.6 Å². The standard InChI is InChI=1S/C10H20N4O4/c1-12-4-3-5-13(2)10(18)14(6-8(11)15)7-9(16)17/h12H,3-7H2,1-2H3,(H2,11,15)(H,16,17). The Morgan fingerprint density at radius 2 is 1.89 bits per heavy atom. The fourth-order valence-electron chi connectivity index (χ4n) is 1.37. The van der Waals surface area contributed by atoms with Gasteiger partial charge in [0.15, 0.2) is 0 Å². The Labute approximate surface area is 106 Å². The van der Waals surface area contributed by atoms with E-state index in [-0.39, 0.29) is 0 Å². The minimum atomic E-state index is -1.19. The summed E-state index contributed by atoms with van der Waals surface area (Å²) >= 11 is 0. The summed E-state index contributed by atoms with van der Waals surface area (Å²) in [7, 11) is 3.35. The number of nitrogens with two attached hydrogens (primary N) is 1. The Morgan fingerprint density at radius 3 is 2.33 bits per heavy atom. The van der Waals surface area contributed by atoms with E-state index in [0.29, 0.717) is 6.54 Å². The lowest BCUT2D eigenvalue weighted by Crippen LogP contribution is -2.47. The molecule has 0 aliphatic heterocycles. The molecule has 0 radical (unpaired) electrons. The maximum Gasteiger partial charge on any atom is 0.323 e. The first-order valence-corrected chi connectivity index (χ1v) is 5.53. The van der Waals surface area contributed by atoms with E-state index in [2.05, 4.69) is 5.32 Å². The third kappa shape index (κ3) is 6.69. The van der Waals surface area contributed by atoms with Crippen molar-refractivity contribution in [2.75, 3.05) is 40.3 Å². The van der Waals surface area contributed by atoms with Gasteiger partial charge in [-0.05, 0) is 20.0 Å². The fourth-order valence-corrected chi connectivity index (χ4v) is 1.37. The number of hydrogen-bond donors (Lipinski definition) is 3. The van der Waals surface area contributed by atoms with E-state index in [0.717, 1.165) is 17.9 Å². The first-order chi connectivity index (χ1) is 8.38. The Balaban J connectivity index is 4.42. The quantitative estimate of drug-likeness (QED) is 0.460. The van der Waals surface area contributed by atoms with Gasteiger partial charge in [0.2, 0.25) is 5.91 Å². The molecule has 0 aliphatic rings. The number of nitrogens with zero attached hydrogens (tertiary/aromatic N) is 2. The van der Waals surface area contributed by atoms with E-state index in [1.807, 2.05) is 0 Å². The van der Waals surface area contributed by atoms with Gasteiger partial charge in [-0.25, -0.2) is 4.79 Å². The van der Waals surface area contributed by atoms with Gasteiger partial charge in [-0.15, -0.1) is 0 Å². The highest BCUT2D eigenvalue weighted by atomic mass is 16.4. The smallest absolute Gasteiger partial charge is 0.323 e. The number of carbonyl (C=O) groups is 3. The number of rotatable bonds is 8. The summed E-state index contributed by atoms with van der Waals surface area (Å²) in [6, 6.07) is -0.521. The number of aliphatic carboxylic acids is 1. The monoisotopic (exact) mass is 260 g/mol. The van der Waals surface area contributed by atoms with Crippen LogP contribution in [0.3, 0.4) is 0 Å². The molecule has 8 nitrogen and oxygen atoms in total. The van der Waals surface area contributed by atoms with Gasteiger partial charge >= 0.3 is 12.0 Å². The zero-order valence-corrected chi connectivity index (χ0v) is 10.7. The van der Waals surface area contributed by atoms with Crippen LogP contribution in [0.25, 0.3) is 0 Å². The van der Waals surface area contributed by atoms with Crippen molar-refractivity contribution in [2.24, 2.45) is 5.73 Å². The number of hydrogen-bond acceptors (Lipinski definition) is 4. The largest absolute Gasteiger partial charge is 0.480 e. The molecule has 0 spiro atoms. The van der Waals surface area contributed by atoms with Gasteiger partial charge < -0.3 is 26.0 Å². The highest BCUT2D eigenvalue weighted by Gasteiger charge is 2.21. The average molecular weight is 260 g/mol. The Morgan fingerprint density at radius 1 is 1.28 bits per heavy atom. The Kier molecular flexibility index (Phi) is 7.45. The highest BCUT2D eigenvalue weighted by Crippen LogP contribution is 1.98. The van der Waals surface area contributed by atoms with Crippen molar-refractivity contribution < 1.29 is 19.5 Å². The van der Waals surface area contributed by atoms with E-state index < -0.39 is 31.0 Å². The summed E-state index contributed by atoms with van der Waals surface area (Å²) in [5.74, 6) is -1.93. The van der Waals surface area contributed by atoms with Crippen LogP contribution < -0.4 is 11.1 Å². The lowest BCUT2D eigenvalue weighted by molar-refractivity contribution is -0.138.